The SMILES string of the molecule is Cc1nn(-c2cc(F)c(C(N)=O)c(N[C@H]3CCC[C@@H]3O)c2)c2c1C(C)CC(C)(C)C2. The highest BCUT2D eigenvalue weighted by Crippen LogP contribution is 2.44. The number of hydrogen-bond acceptors (Lipinski definition) is 4. The Morgan fingerprint density at radius 1 is 1.37 bits per heavy atom. The number of benzene rings is 1. The summed E-state index contributed by atoms with van der Waals surface area (Å²) in [6.45, 7) is 8.69. The molecule has 1 amide bonds. The van der Waals surface area contributed by atoms with Gasteiger partial charge in [-0.15, -0.1) is 0 Å². The largest absolute Gasteiger partial charge is 0.391 e. The van der Waals surface area contributed by atoms with Gasteiger partial charge < -0.3 is 16.2 Å². The minimum atomic E-state index is -0.831. The number of primary amides is 1. The first-order valence-corrected chi connectivity index (χ1v) is 10.7. The lowest BCUT2D eigenvalue weighted by Gasteiger charge is -2.34. The second-order valence-electron chi connectivity index (χ2n) is 9.77. The van der Waals surface area contributed by atoms with Crippen molar-refractivity contribution in [1.29, 1.82) is 0 Å². The number of nitrogens with one attached hydrogen (secondary N) is 1. The summed E-state index contributed by atoms with van der Waals surface area (Å²) in [5.74, 6) is -1.14. The third kappa shape index (κ3) is 3.60. The molecule has 0 aliphatic heterocycles. The van der Waals surface area contributed by atoms with Gasteiger partial charge in [0.15, 0.2) is 0 Å². The number of halogens is 1. The number of carbonyl (C=O) groups excluding carboxylic acids is 1. The number of hydrogen-bond donors (Lipinski definition) is 3. The van der Waals surface area contributed by atoms with Gasteiger partial charge in [0, 0.05) is 11.8 Å². The molecule has 2 aromatic rings. The third-order valence-corrected chi connectivity index (χ3v) is 6.59. The predicted octanol–water partition coefficient (Wildman–Crippen LogP) is 3.82. The van der Waals surface area contributed by atoms with Crippen molar-refractivity contribution in [1.82, 2.24) is 9.78 Å². The second-order valence-corrected chi connectivity index (χ2v) is 9.77. The average molecular weight is 415 g/mol. The van der Waals surface area contributed by atoms with Crippen LogP contribution in [0.5, 0.6) is 0 Å². The molecule has 1 aromatic heterocycles. The van der Waals surface area contributed by atoms with E-state index in [9.17, 15) is 9.90 Å². The van der Waals surface area contributed by atoms with Gasteiger partial charge in [-0.2, -0.15) is 5.10 Å². The Hall–Kier alpha value is -2.41. The Bertz CT molecular complexity index is 998. The lowest BCUT2D eigenvalue weighted by Crippen LogP contribution is -2.30. The summed E-state index contributed by atoms with van der Waals surface area (Å²) in [5, 5.41) is 18.1. The molecule has 0 saturated heterocycles. The molecule has 1 fully saturated rings. The second kappa shape index (κ2) is 7.38. The molecule has 0 spiro atoms. The van der Waals surface area contributed by atoms with Crippen LogP contribution in [0, 0.1) is 18.2 Å². The van der Waals surface area contributed by atoms with Gasteiger partial charge in [-0.3, -0.25) is 4.79 Å². The summed E-state index contributed by atoms with van der Waals surface area (Å²) >= 11 is 0. The number of amides is 1. The summed E-state index contributed by atoms with van der Waals surface area (Å²) in [6.07, 6.45) is 3.72. The van der Waals surface area contributed by atoms with Crippen LogP contribution in [0.15, 0.2) is 12.1 Å². The van der Waals surface area contributed by atoms with Crippen molar-refractivity contribution in [2.24, 2.45) is 11.1 Å². The molecule has 4 N–H and O–H groups in total. The average Bonchev–Trinajstić information content (AvgIpc) is 3.16. The van der Waals surface area contributed by atoms with E-state index in [1.54, 1.807) is 6.07 Å². The molecular formula is C23H31FN4O2. The topological polar surface area (TPSA) is 93.2 Å². The maximum absolute atomic E-state index is 15.0. The molecule has 2 aliphatic rings. The van der Waals surface area contributed by atoms with E-state index in [4.69, 9.17) is 10.8 Å². The van der Waals surface area contributed by atoms with Gasteiger partial charge in [-0.1, -0.05) is 20.8 Å². The number of aliphatic hydroxyl groups excluding tert-OH is 1. The number of aromatic nitrogens is 2. The van der Waals surface area contributed by atoms with E-state index in [2.05, 4.69) is 26.1 Å². The van der Waals surface area contributed by atoms with E-state index in [1.165, 1.54) is 11.6 Å². The van der Waals surface area contributed by atoms with Crippen molar-refractivity contribution in [3.8, 4) is 5.69 Å². The summed E-state index contributed by atoms with van der Waals surface area (Å²) < 4.78 is 16.9. The third-order valence-electron chi connectivity index (χ3n) is 6.59. The van der Waals surface area contributed by atoms with Gasteiger partial charge >= 0.3 is 0 Å². The van der Waals surface area contributed by atoms with Crippen LogP contribution in [0.1, 0.15) is 79.7 Å². The Labute approximate surface area is 176 Å². The number of anilines is 1. The first kappa shape index (κ1) is 20.8. The van der Waals surface area contributed by atoms with Crippen molar-refractivity contribution in [2.45, 2.75) is 77.9 Å². The van der Waals surface area contributed by atoms with E-state index >= 15 is 4.39 Å². The standard InChI is InChI=1S/C23H31FN4O2/c1-12-10-23(3,4)11-18-20(12)13(2)27-28(18)14-8-15(24)21(22(25)30)17(9-14)26-16-6-5-7-19(16)29/h8-9,12,16,19,26,29H,5-7,10-11H2,1-4H3,(H2,25,30)/t12?,16-,19-/m0/s1. The van der Waals surface area contributed by atoms with Crippen LogP contribution in [0.3, 0.4) is 0 Å². The van der Waals surface area contributed by atoms with Crippen LogP contribution >= 0.6 is 0 Å². The van der Waals surface area contributed by atoms with Gasteiger partial charge in [-0.25, -0.2) is 9.07 Å². The van der Waals surface area contributed by atoms with E-state index in [0.29, 0.717) is 23.7 Å². The molecule has 162 valence electrons. The smallest absolute Gasteiger partial charge is 0.253 e. The molecule has 30 heavy (non-hydrogen) atoms. The molecule has 7 heteroatoms. The van der Waals surface area contributed by atoms with Crippen molar-refractivity contribution < 1.29 is 14.3 Å². The van der Waals surface area contributed by atoms with Crippen LogP contribution in [-0.2, 0) is 6.42 Å². The Balaban J connectivity index is 1.83. The predicted molar refractivity (Wildman–Crippen MR) is 115 cm³/mol. The lowest BCUT2D eigenvalue weighted by molar-refractivity contribution is 0.0997. The van der Waals surface area contributed by atoms with Crippen molar-refractivity contribution in [2.75, 3.05) is 5.32 Å². The van der Waals surface area contributed by atoms with Gasteiger partial charge in [0.1, 0.15) is 5.82 Å². The van der Waals surface area contributed by atoms with Crippen LogP contribution in [-0.4, -0.2) is 32.9 Å². The van der Waals surface area contributed by atoms with Crippen LogP contribution in [0.2, 0.25) is 0 Å². The quantitative estimate of drug-likeness (QED) is 0.709. The fourth-order valence-electron chi connectivity index (χ4n) is 5.46. The van der Waals surface area contributed by atoms with Gasteiger partial charge in [0.2, 0.25) is 0 Å². The number of aryl methyl sites for hydroxylation is 1. The Morgan fingerprint density at radius 2 is 2.10 bits per heavy atom. The molecule has 3 atom stereocenters. The number of aliphatic hydroxyl groups is 1. The summed E-state index contributed by atoms with van der Waals surface area (Å²) in [4.78, 5) is 12.0. The van der Waals surface area contributed by atoms with E-state index in [-0.39, 0.29) is 17.0 Å². The number of fused-ring (bicyclic) bond motifs is 1. The molecule has 1 unspecified atom stereocenters. The maximum atomic E-state index is 15.0. The molecule has 0 bridgehead atoms. The normalized spacial score (nSPS) is 25.2. The molecular weight excluding hydrogens is 383 g/mol. The van der Waals surface area contributed by atoms with E-state index in [1.807, 2.05) is 11.6 Å². The summed E-state index contributed by atoms with van der Waals surface area (Å²) in [7, 11) is 0. The highest BCUT2D eigenvalue weighted by Gasteiger charge is 2.35. The zero-order valence-electron chi connectivity index (χ0n) is 18.1. The molecule has 1 aromatic carbocycles. The molecule has 2 aliphatic carbocycles. The van der Waals surface area contributed by atoms with Crippen molar-refractivity contribution >= 4 is 11.6 Å². The van der Waals surface area contributed by atoms with E-state index < -0.39 is 17.8 Å². The fraction of sp³-hybridized carbons (Fsp3) is 0.565. The first-order chi connectivity index (χ1) is 14.1. The van der Waals surface area contributed by atoms with Gasteiger partial charge in [0.25, 0.3) is 5.91 Å². The van der Waals surface area contributed by atoms with Gasteiger partial charge in [0.05, 0.1) is 34.8 Å². The Morgan fingerprint density at radius 3 is 2.73 bits per heavy atom. The maximum Gasteiger partial charge on any atom is 0.253 e. The zero-order valence-corrected chi connectivity index (χ0v) is 18.1. The minimum Gasteiger partial charge on any atom is -0.391 e. The lowest BCUT2D eigenvalue weighted by atomic mass is 9.71. The molecule has 1 saturated carbocycles. The minimum absolute atomic E-state index is 0.122. The van der Waals surface area contributed by atoms with Crippen LogP contribution in [0.25, 0.3) is 5.69 Å². The highest BCUT2D eigenvalue weighted by atomic mass is 19.1. The highest BCUT2D eigenvalue weighted by molar-refractivity contribution is 5.99. The molecule has 4 rings (SSSR count). The zero-order chi connectivity index (χ0) is 21.8. The fourth-order valence-corrected chi connectivity index (χ4v) is 5.46. The molecule has 6 nitrogen and oxygen atoms in total. The number of carbonyl (C=O) groups is 1. The number of nitrogens with zero attached hydrogens (tertiary/aromatic N) is 2. The van der Waals surface area contributed by atoms with Crippen molar-refractivity contribution in [3.05, 3.63) is 40.5 Å². The molecule has 1 heterocycles. The van der Waals surface area contributed by atoms with Gasteiger partial charge in [-0.05, 0) is 62.0 Å². The monoisotopic (exact) mass is 414 g/mol. The molecule has 0 radical (unpaired) electrons. The van der Waals surface area contributed by atoms with Crippen LogP contribution in [0.4, 0.5) is 10.1 Å². The Kier molecular flexibility index (Phi) is 5.12. The number of rotatable bonds is 4. The number of nitrogens with two attached hydrogens (primary N) is 1. The van der Waals surface area contributed by atoms with E-state index in [0.717, 1.165) is 37.1 Å². The van der Waals surface area contributed by atoms with Crippen molar-refractivity contribution in [3.63, 3.8) is 0 Å². The van der Waals surface area contributed by atoms with Crippen LogP contribution < -0.4 is 11.1 Å². The summed E-state index contributed by atoms with van der Waals surface area (Å²) in [6, 6.07) is 2.83. The first-order valence-electron chi connectivity index (χ1n) is 10.7. The summed E-state index contributed by atoms with van der Waals surface area (Å²) in [5.41, 5.74) is 9.57.